The van der Waals surface area contributed by atoms with Crippen molar-refractivity contribution in [2.45, 2.75) is 20.8 Å². The topological polar surface area (TPSA) is 61.4 Å². The number of hydrogen-bond acceptors (Lipinski definition) is 5. The second kappa shape index (κ2) is 7.27. The molecule has 132 valence electrons. The van der Waals surface area contributed by atoms with Gasteiger partial charge in [-0.2, -0.15) is 4.98 Å². The van der Waals surface area contributed by atoms with Crippen LogP contribution < -0.4 is 10.2 Å². The molecule has 0 bridgehead atoms. The summed E-state index contributed by atoms with van der Waals surface area (Å²) in [6, 6.07) is 7.64. The summed E-state index contributed by atoms with van der Waals surface area (Å²) in [7, 11) is 0. The summed E-state index contributed by atoms with van der Waals surface area (Å²) < 4.78 is 0. The zero-order valence-corrected chi connectivity index (χ0v) is 15.5. The van der Waals surface area contributed by atoms with Crippen LogP contribution in [-0.4, -0.2) is 47.0 Å². The summed E-state index contributed by atoms with van der Waals surface area (Å²) in [5, 5.41) is 4.01. The van der Waals surface area contributed by atoms with Crippen LogP contribution in [-0.2, 0) is 4.79 Å². The van der Waals surface area contributed by atoms with Crippen molar-refractivity contribution in [2.24, 2.45) is 0 Å². The molecule has 0 saturated carbocycles. The van der Waals surface area contributed by atoms with Gasteiger partial charge < -0.3 is 15.1 Å². The van der Waals surface area contributed by atoms with E-state index < -0.39 is 0 Å². The molecule has 1 aromatic carbocycles. The van der Waals surface area contributed by atoms with Gasteiger partial charge in [0, 0.05) is 55.6 Å². The van der Waals surface area contributed by atoms with E-state index in [9.17, 15) is 4.79 Å². The number of aryl methyl sites for hydroxylation is 2. The van der Waals surface area contributed by atoms with Gasteiger partial charge in [0.05, 0.1) is 0 Å². The minimum Gasteiger partial charge on any atom is -0.340 e. The lowest BCUT2D eigenvalue weighted by molar-refractivity contribution is -0.129. The van der Waals surface area contributed by atoms with Gasteiger partial charge in [-0.15, -0.1) is 0 Å². The van der Waals surface area contributed by atoms with Crippen LogP contribution in [0.2, 0.25) is 5.02 Å². The Bertz CT molecular complexity index is 787. The second-order valence-corrected chi connectivity index (χ2v) is 6.71. The van der Waals surface area contributed by atoms with E-state index in [0.29, 0.717) is 24.1 Å². The monoisotopic (exact) mass is 359 g/mol. The Balaban J connectivity index is 1.79. The molecule has 1 amide bonds. The van der Waals surface area contributed by atoms with E-state index >= 15 is 0 Å². The van der Waals surface area contributed by atoms with Gasteiger partial charge >= 0.3 is 0 Å². The molecule has 1 saturated heterocycles. The van der Waals surface area contributed by atoms with Crippen LogP contribution in [0.25, 0.3) is 0 Å². The van der Waals surface area contributed by atoms with Crippen LogP contribution >= 0.6 is 11.6 Å². The number of carbonyl (C=O) groups is 1. The molecule has 25 heavy (non-hydrogen) atoms. The number of carbonyl (C=O) groups excluding carboxylic acids is 1. The molecule has 0 radical (unpaired) electrons. The van der Waals surface area contributed by atoms with Crippen molar-refractivity contribution in [2.75, 3.05) is 36.4 Å². The van der Waals surface area contributed by atoms with Crippen molar-refractivity contribution in [1.29, 1.82) is 0 Å². The SMILES string of the molecule is CC(=O)N1CCN(c2nc(C)cc(Nc3cc(Cl)ccc3C)n2)CC1. The highest BCUT2D eigenvalue weighted by Gasteiger charge is 2.21. The first-order chi connectivity index (χ1) is 11.9. The summed E-state index contributed by atoms with van der Waals surface area (Å²) in [6.45, 7) is 8.44. The van der Waals surface area contributed by atoms with Crippen LogP contribution in [0.15, 0.2) is 24.3 Å². The fraction of sp³-hybridized carbons (Fsp3) is 0.389. The van der Waals surface area contributed by atoms with Gasteiger partial charge in [-0.25, -0.2) is 4.98 Å². The molecule has 0 aliphatic carbocycles. The zero-order chi connectivity index (χ0) is 18.0. The normalized spacial score (nSPS) is 14.6. The highest BCUT2D eigenvalue weighted by atomic mass is 35.5. The van der Waals surface area contributed by atoms with Crippen molar-refractivity contribution in [1.82, 2.24) is 14.9 Å². The molecule has 6 nitrogen and oxygen atoms in total. The van der Waals surface area contributed by atoms with E-state index in [-0.39, 0.29) is 5.91 Å². The number of nitrogens with one attached hydrogen (secondary N) is 1. The van der Waals surface area contributed by atoms with Gasteiger partial charge in [-0.1, -0.05) is 17.7 Å². The summed E-state index contributed by atoms with van der Waals surface area (Å²) in [4.78, 5) is 24.6. The number of rotatable bonds is 3. The number of amides is 1. The number of aromatic nitrogens is 2. The molecule has 2 heterocycles. The lowest BCUT2D eigenvalue weighted by atomic mass is 10.2. The highest BCUT2D eigenvalue weighted by Crippen LogP contribution is 2.25. The molecule has 1 aromatic heterocycles. The molecule has 3 rings (SSSR count). The standard InChI is InChI=1S/C18H22ClN5O/c1-12-4-5-15(19)11-16(12)21-17-10-13(2)20-18(22-17)24-8-6-23(7-9-24)14(3)25/h4-5,10-11H,6-9H2,1-3H3,(H,20,21,22). The van der Waals surface area contributed by atoms with Crippen molar-refractivity contribution < 1.29 is 4.79 Å². The fourth-order valence-corrected chi connectivity index (χ4v) is 3.02. The molecule has 0 atom stereocenters. The second-order valence-electron chi connectivity index (χ2n) is 6.27. The van der Waals surface area contributed by atoms with Gasteiger partial charge in [0.2, 0.25) is 11.9 Å². The third-order valence-electron chi connectivity index (χ3n) is 4.31. The number of halogens is 1. The van der Waals surface area contributed by atoms with Gasteiger partial charge in [0.15, 0.2) is 0 Å². The van der Waals surface area contributed by atoms with E-state index in [1.54, 1.807) is 6.92 Å². The van der Waals surface area contributed by atoms with E-state index in [2.05, 4.69) is 20.2 Å². The number of nitrogens with zero attached hydrogens (tertiary/aromatic N) is 4. The lowest BCUT2D eigenvalue weighted by Gasteiger charge is -2.34. The molecular formula is C18H22ClN5O. The van der Waals surface area contributed by atoms with Gasteiger partial charge in [-0.05, 0) is 31.5 Å². The Kier molecular flexibility index (Phi) is 5.08. The third kappa shape index (κ3) is 4.20. The van der Waals surface area contributed by atoms with Crippen molar-refractivity contribution in [3.8, 4) is 0 Å². The van der Waals surface area contributed by atoms with Crippen LogP contribution in [0.3, 0.4) is 0 Å². The minimum absolute atomic E-state index is 0.114. The van der Waals surface area contributed by atoms with E-state index in [1.165, 1.54) is 0 Å². The highest BCUT2D eigenvalue weighted by molar-refractivity contribution is 6.30. The lowest BCUT2D eigenvalue weighted by Crippen LogP contribution is -2.48. The van der Waals surface area contributed by atoms with Crippen molar-refractivity contribution >= 4 is 35.0 Å². The first-order valence-electron chi connectivity index (χ1n) is 8.32. The third-order valence-corrected chi connectivity index (χ3v) is 4.55. The molecule has 0 spiro atoms. The average Bonchev–Trinajstić information content (AvgIpc) is 2.58. The summed E-state index contributed by atoms with van der Waals surface area (Å²) >= 11 is 6.09. The number of piperazine rings is 1. The number of benzene rings is 1. The fourth-order valence-electron chi connectivity index (χ4n) is 2.85. The molecule has 1 fully saturated rings. The summed E-state index contributed by atoms with van der Waals surface area (Å²) in [6.07, 6.45) is 0. The Morgan fingerprint density at radius 1 is 1.12 bits per heavy atom. The van der Waals surface area contributed by atoms with E-state index in [4.69, 9.17) is 11.6 Å². The van der Waals surface area contributed by atoms with Crippen molar-refractivity contribution in [3.05, 3.63) is 40.5 Å². The molecule has 1 N–H and O–H groups in total. The van der Waals surface area contributed by atoms with Gasteiger partial charge in [0.25, 0.3) is 0 Å². The van der Waals surface area contributed by atoms with Crippen LogP contribution in [0.4, 0.5) is 17.5 Å². The quantitative estimate of drug-likeness (QED) is 0.912. The molecular weight excluding hydrogens is 338 g/mol. The molecule has 1 aliphatic rings. The van der Waals surface area contributed by atoms with E-state index in [1.807, 2.05) is 43.0 Å². The summed E-state index contributed by atoms with van der Waals surface area (Å²) in [5.41, 5.74) is 2.91. The van der Waals surface area contributed by atoms with Gasteiger partial charge in [-0.3, -0.25) is 4.79 Å². The minimum atomic E-state index is 0.114. The predicted octanol–water partition coefficient (Wildman–Crippen LogP) is 3.16. The molecule has 1 aliphatic heterocycles. The summed E-state index contributed by atoms with van der Waals surface area (Å²) in [5.74, 6) is 1.54. The molecule has 0 unspecified atom stereocenters. The Hall–Kier alpha value is -2.34. The zero-order valence-electron chi connectivity index (χ0n) is 14.7. The first kappa shape index (κ1) is 17.5. The Morgan fingerprint density at radius 3 is 2.52 bits per heavy atom. The van der Waals surface area contributed by atoms with Crippen LogP contribution in [0.1, 0.15) is 18.2 Å². The predicted molar refractivity (Wildman–Crippen MR) is 101 cm³/mol. The van der Waals surface area contributed by atoms with Crippen molar-refractivity contribution in [3.63, 3.8) is 0 Å². The number of anilines is 3. The van der Waals surface area contributed by atoms with E-state index in [0.717, 1.165) is 35.9 Å². The Morgan fingerprint density at radius 2 is 1.84 bits per heavy atom. The van der Waals surface area contributed by atoms with Gasteiger partial charge in [0.1, 0.15) is 5.82 Å². The molecule has 2 aromatic rings. The maximum Gasteiger partial charge on any atom is 0.227 e. The molecule has 7 heteroatoms. The number of hydrogen-bond donors (Lipinski definition) is 1. The maximum atomic E-state index is 11.5. The average molecular weight is 360 g/mol. The first-order valence-corrected chi connectivity index (χ1v) is 8.69. The smallest absolute Gasteiger partial charge is 0.227 e. The Labute approximate surface area is 152 Å². The maximum absolute atomic E-state index is 11.5. The largest absolute Gasteiger partial charge is 0.340 e. The van der Waals surface area contributed by atoms with Crippen LogP contribution in [0, 0.1) is 13.8 Å². The van der Waals surface area contributed by atoms with Crippen LogP contribution in [0.5, 0.6) is 0 Å².